The Balaban J connectivity index is 0.000000921. The fraction of sp³-hybridized carbons (Fsp3) is 0.579. The first kappa shape index (κ1) is 19.6. The maximum absolute atomic E-state index is 4.36. The third-order valence-electron chi connectivity index (χ3n) is 3.39. The van der Waals surface area contributed by atoms with E-state index in [2.05, 4.69) is 50.0 Å². The molecule has 0 saturated heterocycles. The van der Waals surface area contributed by atoms with Crippen LogP contribution in [0.4, 0.5) is 0 Å². The molecular formula is C19H32N2. The summed E-state index contributed by atoms with van der Waals surface area (Å²) in [7, 11) is 0. The highest BCUT2D eigenvalue weighted by Gasteiger charge is 2.12. The van der Waals surface area contributed by atoms with E-state index in [1.54, 1.807) is 0 Å². The van der Waals surface area contributed by atoms with Crippen LogP contribution in [0.3, 0.4) is 0 Å². The second-order valence-electron chi connectivity index (χ2n) is 5.01. The van der Waals surface area contributed by atoms with Crippen LogP contribution in [-0.4, -0.2) is 10.2 Å². The molecular weight excluding hydrogens is 256 g/mol. The molecule has 21 heavy (non-hydrogen) atoms. The molecule has 1 aromatic carbocycles. The quantitative estimate of drug-likeness (QED) is 0.678. The van der Waals surface area contributed by atoms with Crippen molar-refractivity contribution >= 4 is 10.9 Å². The summed E-state index contributed by atoms with van der Waals surface area (Å²) in [5.74, 6) is 0.554. The first-order chi connectivity index (χ1) is 10.0. The number of aromatic nitrogens is 2. The molecule has 0 unspecified atom stereocenters. The lowest BCUT2D eigenvalue weighted by atomic mass is 9.91. The predicted octanol–water partition coefficient (Wildman–Crippen LogP) is 5.98. The topological polar surface area (TPSA) is 25.8 Å². The van der Waals surface area contributed by atoms with Gasteiger partial charge in [-0.15, -0.1) is 5.10 Å². The van der Waals surface area contributed by atoms with Crippen molar-refractivity contribution in [3.63, 3.8) is 0 Å². The standard InChI is InChI=1S/C15H20N2.2C2H6/c1-6-12-8-13(9(2)3)11(5)14-7-10(4)16-17-15(12)14;2*1-2/h7-9H,6H2,1-5H3;2*1-2H3. The maximum atomic E-state index is 4.36. The van der Waals surface area contributed by atoms with Crippen molar-refractivity contribution in [3.05, 3.63) is 34.5 Å². The average Bonchev–Trinajstić information content (AvgIpc) is 2.52. The van der Waals surface area contributed by atoms with Gasteiger partial charge in [0.2, 0.25) is 0 Å². The Kier molecular flexibility index (Phi) is 8.84. The fourth-order valence-corrected chi connectivity index (χ4v) is 2.40. The largest absolute Gasteiger partial charge is 0.155 e. The second kappa shape index (κ2) is 9.49. The van der Waals surface area contributed by atoms with Crippen LogP contribution in [0.2, 0.25) is 0 Å². The van der Waals surface area contributed by atoms with Gasteiger partial charge in [-0.3, -0.25) is 0 Å². The lowest BCUT2D eigenvalue weighted by Crippen LogP contribution is -2.00. The van der Waals surface area contributed by atoms with E-state index >= 15 is 0 Å². The van der Waals surface area contributed by atoms with Gasteiger partial charge in [0.05, 0.1) is 11.2 Å². The molecule has 0 amide bonds. The Morgan fingerprint density at radius 1 is 0.952 bits per heavy atom. The Morgan fingerprint density at radius 3 is 2.00 bits per heavy atom. The third kappa shape index (κ3) is 4.52. The summed E-state index contributed by atoms with van der Waals surface area (Å²) in [5, 5.41) is 9.81. The van der Waals surface area contributed by atoms with Crippen LogP contribution in [0.25, 0.3) is 10.9 Å². The summed E-state index contributed by atoms with van der Waals surface area (Å²) >= 11 is 0. The van der Waals surface area contributed by atoms with Crippen LogP contribution in [0.15, 0.2) is 12.1 Å². The molecule has 0 atom stereocenters. The molecule has 0 aliphatic rings. The first-order valence-electron chi connectivity index (χ1n) is 8.31. The Labute approximate surface area is 131 Å². The van der Waals surface area contributed by atoms with Crippen molar-refractivity contribution in [1.82, 2.24) is 10.2 Å². The molecule has 2 heteroatoms. The van der Waals surface area contributed by atoms with Crippen LogP contribution < -0.4 is 0 Å². The first-order valence-corrected chi connectivity index (χ1v) is 8.31. The van der Waals surface area contributed by atoms with Crippen LogP contribution in [-0.2, 0) is 6.42 Å². The number of aryl methyl sites for hydroxylation is 3. The molecule has 1 heterocycles. The van der Waals surface area contributed by atoms with Crippen molar-refractivity contribution in [2.24, 2.45) is 0 Å². The molecule has 0 aliphatic carbocycles. The molecule has 0 spiro atoms. The zero-order valence-electron chi connectivity index (χ0n) is 15.3. The molecule has 0 bridgehead atoms. The number of hydrogen-bond donors (Lipinski definition) is 0. The Bertz CT molecular complexity index is 557. The van der Waals surface area contributed by atoms with Crippen molar-refractivity contribution in [3.8, 4) is 0 Å². The van der Waals surface area contributed by atoms with E-state index in [-0.39, 0.29) is 0 Å². The van der Waals surface area contributed by atoms with Crippen LogP contribution in [0, 0.1) is 13.8 Å². The number of hydrogen-bond acceptors (Lipinski definition) is 2. The van der Waals surface area contributed by atoms with E-state index in [0.717, 1.165) is 17.6 Å². The summed E-state index contributed by atoms with van der Waals surface area (Å²) in [4.78, 5) is 0. The molecule has 0 N–H and O–H groups in total. The molecule has 0 radical (unpaired) electrons. The number of nitrogens with zero attached hydrogens (tertiary/aromatic N) is 2. The van der Waals surface area contributed by atoms with Gasteiger partial charge in [0.1, 0.15) is 0 Å². The van der Waals surface area contributed by atoms with Gasteiger partial charge in [0.15, 0.2) is 0 Å². The molecule has 0 aliphatic heterocycles. The van der Waals surface area contributed by atoms with Gasteiger partial charge in [-0.05, 0) is 48.9 Å². The van der Waals surface area contributed by atoms with E-state index in [0.29, 0.717) is 5.92 Å². The average molecular weight is 288 g/mol. The monoisotopic (exact) mass is 288 g/mol. The van der Waals surface area contributed by atoms with E-state index in [9.17, 15) is 0 Å². The highest BCUT2D eigenvalue weighted by atomic mass is 15.1. The highest BCUT2D eigenvalue weighted by molar-refractivity contribution is 5.86. The lowest BCUT2D eigenvalue weighted by Gasteiger charge is -2.15. The summed E-state index contributed by atoms with van der Waals surface area (Å²) in [6, 6.07) is 4.45. The van der Waals surface area contributed by atoms with Gasteiger partial charge in [-0.25, -0.2) is 0 Å². The van der Waals surface area contributed by atoms with Crippen molar-refractivity contribution in [2.45, 2.75) is 74.7 Å². The predicted molar refractivity (Wildman–Crippen MR) is 95.2 cm³/mol. The van der Waals surface area contributed by atoms with E-state index in [1.807, 2.05) is 34.6 Å². The van der Waals surface area contributed by atoms with E-state index in [1.165, 1.54) is 22.1 Å². The third-order valence-corrected chi connectivity index (χ3v) is 3.39. The maximum Gasteiger partial charge on any atom is 0.0964 e. The number of fused-ring (bicyclic) bond motifs is 1. The SMILES string of the molecule is CC.CC.CCc1cc(C(C)C)c(C)c2cc(C)nnc12. The lowest BCUT2D eigenvalue weighted by molar-refractivity contribution is 0.854. The minimum atomic E-state index is 0.554. The van der Waals surface area contributed by atoms with Crippen LogP contribution in [0.1, 0.15) is 76.8 Å². The van der Waals surface area contributed by atoms with Crippen molar-refractivity contribution in [2.75, 3.05) is 0 Å². The highest BCUT2D eigenvalue weighted by Crippen LogP contribution is 2.29. The molecule has 0 saturated carbocycles. The molecule has 2 nitrogen and oxygen atoms in total. The molecule has 0 fully saturated rings. The van der Waals surface area contributed by atoms with Gasteiger partial charge in [-0.1, -0.05) is 54.5 Å². The van der Waals surface area contributed by atoms with Gasteiger partial charge in [0.25, 0.3) is 0 Å². The molecule has 2 aromatic rings. The summed E-state index contributed by atoms with van der Waals surface area (Å²) < 4.78 is 0. The fourth-order valence-electron chi connectivity index (χ4n) is 2.40. The molecule has 2 rings (SSSR count). The molecule has 1 aromatic heterocycles. The number of rotatable bonds is 2. The smallest absolute Gasteiger partial charge is 0.0964 e. The Morgan fingerprint density at radius 2 is 1.52 bits per heavy atom. The minimum absolute atomic E-state index is 0.554. The normalized spacial score (nSPS) is 9.81. The summed E-state index contributed by atoms with van der Waals surface area (Å²) in [6.07, 6.45) is 1.01. The van der Waals surface area contributed by atoms with Gasteiger partial charge >= 0.3 is 0 Å². The Hall–Kier alpha value is -1.44. The summed E-state index contributed by atoms with van der Waals surface area (Å²) in [6.45, 7) is 18.9. The van der Waals surface area contributed by atoms with Crippen molar-refractivity contribution < 1.29 is 0 Å². The van der Waals surface area contributed by atoms with E-state index < -0.39 is 0 Å². The van der Waals surface area contributed by atoms with Gasteiger partial charge in [0, 0.05) is 5.39 Å². The second-order valence-corrected chi connectivity index (χ2v) is 5.01. The van der Waals surface area contributed by atoms with Crippen LogP contribution in [0.5, 0.6) is 0 Å². The van der Waals surface area contributed by atoms with Gasteiger partial charge < -0.3 is 0 Å². The zero-order chi connectivity index (χ0) is 16.6. The van der Waals surface area contributed by atoms with E-state index in [4.69, 9.17) is 0 Å². The van der Waals surface area contributed by atoms with Crippen molar-refractivity contribution in [1.29, 1.82) is 0 Å². The number of benzene rings is 1. The zero-order valence-corrected chi connectivity index (χ0v) is 15.3. The van der Waals surface area contributed by atoms with Gasteiger partial charge in [-0.2, -0.15) is 5.10 Å². The van der Waals surface area contributed by atoms with Crippen LogP contribution >= 0.6 is 0 Å². The molecule has 118 valence electrons. The minimum Gasteiger partial charge on any atom is -0.155 e. The summed E-state index contributed by atoms with van der Waals surface area (Å²) in [5.41, 5.74) is 6.15.